The van der Waals surface area contributed by atoms with Crippen molar-refractivity contribution in [3.05, 3.63) is 61.3 Å². The number of H-pyrrole nitrogens is 2. The Kier molecular flexibility index (Phi) is 5.28. The Bertz CT molecular complexity index is 776. The van der Waals surface area contributed by atoms with E-state index in [0.717, 1.165) is 5.56 Å². The van der Waals surface area contributed by atoms with E-state index < -0.39 is 6.29 Å². The zero-order valence-corrected chi connectivity index (χ0v) is 14.0. The second-order valence-electron chi connectivity index (χ2n) is 5.20. The Labute approximate surface area is 134 Å². The van der Waals surface area contributed by atoms with Crippen LogP contribution in [0.4, 0.5) is 0 Å². The molecule has 0 aliphatic heterocycles. The molecule has 0 aliphatic carbocycles. The van der Waals surface area contributed by atoms with Crippen molar-refractivity contribution in [1.82, 2.24) is 9.97 Å². The summed E-state index contributed by atoms with van der Waals surface area (Å²) in [7, 11) is 3.04. The lowest BCUT2D eigenvalue weighted by atomic mass is 10.00. The maximum Gasteiger partial charge on any atom is 0.255 e. The highest BCUT2D eigenvalue weighted by Gasteiger charge is 2.18. The summed E-state index contributed by atoms with van der Waals surface area (Å²) < 4.78 is 10.8. The van der Waals surface area contributed by atoms with Crippen LogP contribution in [0.1, 0.15) is 34.2 Å². The van der Waals surface area contributed by atoms with Crippen LogP contribution < -0.4 is 5.56 Å². The fourth-order valence-electron chi connectivity index (χ4n) is 2.36. The molecule has 1 heterocycles. The Morgan fingerprint density at radius 3 is 2.41 bits per heavy atom. The molecule has 118 valence electrons. The van der Waals surface area contributed by atoms with Crippen molar-refractivity contribution in [2.45, 2.75) is 26.6 Å². The minimum atomic E-state index is -0.662. The van der Waals surface area contributed by atoms with Gasteiger partial charge in [0.1, 0.15) is 0 Å². The third-order valence-corrected chi connectivity index (χ3v) is 3.89. The molecule has 0 fully saturated rings. The largest absolute Gasteiger partial charge is 0.350 e. The molecule has 1 aromatic carbocycles. The highest BCUT2D eigenvalue weighted by Crippen LogP contribution is 2.20. The van der Waals surface area contributed by atoms with Gasteiger partial charge in [0.25, 0.3) is 5.56 Å². The van der Waals surface area contributed by atoms with Crippen LogP contribution in [0.3, 0.4) is 0 Å². The molecule has 0 bridgehead atoms. The van der Waals surface area contributed by atoms with Gasteiger partial charge in [-0.3, -0.25) is 9.78 Å². The molecular formula is C16H20N2O3S. The van der Waals surface area contributed by atoms with Crippen molar-refractivity contribution in [2.24, 2.45) is 0 Å². The van der Waals surface area contributed by atoms with Gasteiger partial charge < -0.3 is 14.5 Å². The second-order valence-corrected chi connectivity index (χ2v) is 5.61. The summed E-state index contributed by atoms with van der Waals surface area (Å²) in [6, 6.07) is 6.14. The van der Waals surface area contributed by atoms with Gasteiger partial charge in [0.15, 0.2) is 11.1 Å². The highest BCUT2D eigenvalue weighted by atomic mass is 32.1. The van der Waals surface area contributed by atoms with Gasteiger partial charge in [-0.15, -0.1) is 0 Å². The first-order valence-corrected chi connectivity index (χ1v) is 7.34. The summed E-state index contributed by atoms with van der Waals surface area (Å²) in [5.41, 5.74) is 4.34. The van der Waals surface area contributed by atoms with Crippen LogP contribution in [-0.2, 0) is 15.9 Å². The van der Waals surface area contributed by atoms with E-state index in [2.05, 4.69) is 29.9 Å². The number of ether oxygens (including phenoxy) is 2. The van der Waals surface area contributed by atoms with Gasteiger partial charge in [0.2, 0.25) is 0 Å². The van der Waals surface area contributed by atoms with E-state index in [-0.39, 0.29) is 10.3 Å². The number of aromatic nitrogens is 2. The van der Waals surface area contributed by atoms with Crippen LogP contribution in [0.25, 0.3) is 0 Å². The maximum absolute atomic E-state index is 12.3. The maximum atomic E-state index is 12.3. The van der Waals surface area contributed by atoms with Gasteiger partial charge in [-0.1, -0.05) is 18.2 Å². The van der Waals surface area contributed by atoms with E-state index in [1.54, 1.807) is 0 Å². The summed E-state index contributed by atoms with van der Waals surface area (Å²) in [6.45, 7) is 4.11. The summed E-state index contributed by atoms with van der Waals surface area (Å²) in [5.74, 6) is 0. The molecule has 0 saturated carbocycles. The van der Waals surface area contributed by atoms with Gasteiger partial charge in [-0.2, -0.15) is 0 Å². The monoisotopic (exact) mass is 320 g/mol. The number of aryl methyl sites for hydroxylation is 2. The normalized spacial score (nSPS) is 11.1. The third-order valence-electron chi connectivity index (χ3n) is 3.69. The fraction of sp³-hybridized carbons (Fsp3) is 0.375. The van der Waals surface area contributed by atoms with Crippen molar-refractivity contribution in [3.63, 3.8) is 0 Å². The third kappa shape index (κ3) is 3.52. The molecule has 2 rings (SSSR count). The molecule has 0 spiro atoms. The standard InChI is InChI=1S/C16H20N2O3S/c1-9-5-6-11(7-10(9)2)8-12-13(15(20-3)21-4)17-16(22)18-14(12)19/h5-7,15H,8H2,1-4H3,(H2,17,18,19,22). The average molecular weight is 320 g/mol. The number of benzene rings is 1. The Morgan fingerprint density at radius 1 is 1.14 bits per heavy atom. The Morgan fingerprint density at radius 2 is 1.82 bits per heavy atom. The average Bonchev–Trinajstić information content (AvgIpc) is 2.47. The minimum Gasteiger partial charge on any atom is -0.350 e. The predicted octanol–water partition coefficient (Wildman–Crippen LogP) is 2.93. The smallest absolute Gasteiger partial charge is 0.255 e. The van der Waals surface area contributed by atoms with Crippen LogP contribution in [0.5, 0.6) is 0 Å². The van der Waals surface area contributed by atoms with E-state index in [4.69, 9.17) is 21.7 Å². The lowest BCUT2D eigenvalue weighted by Gasteiger charge is -2.17. The van der Waals surface area contributed by atoms with Gasteiger partial charge >= 0.3 is 0 Å². The number of hydrogen-bond acceptors (Lipinski definition) is 4. The first-order chi connectivity index (χ1) is 10.5. The van der Waals surface area contributed by atoms with E-state index in [0.29, 0.717) is 17.7 Å². The quantitative estimate of drug-likeness (QED) is 0.656. The summed E-state index contributed by atoms with van der Waals surface area (Å²) in [5, 5.41) is 0. The van der Waals surface area contributed by atoms with Gasteiger partial charge in [-0.25, -0.2) is 0 Å². The fourth-order valence-corrected chi connectivity index (χ4v) is 2.56. The SMILES string of the molecule is COC(OC)c1[nH]c(=S)[nH]c(=O)c1Cc1ccc(C)c(C)c1. The van der Waals surface area contributed by atoms with E-state index >= 15 is 0 Å². The van der Waals surface area contributed by atoms with Crippen LogP contribution in [0, 0.1) is 18.6 Å². The van der Waals surface area contributed by atoms with E-state index in [9.17, 15) is 4.79 Å². The van der Waals surface area contributed by atoms with E-state index in [1.807, 2.05) is 12.1 Å². The molecule has 0 saturated heterocycles. The lowest BCUT2D eigenvalue weighted by molar-refractivity contribution is -0.109. The topological polar surface area (TPSA) is 67.1 Å². The highest BCUT2D eigenvalue weighted by molar-refractivity contribution is 7.71. The first-order valence-electron chi connectivity index (χ1n) is 6.93. The van der Waals surface area contributed by atoms with Gasteiger partial charge in [0, 0.05) is 26.2 Å². The summed E-state index contributed by atoms with van der Waals surface area (Å²) in [6.07, 6.45) is -0.188. The molecule has 5 nitrogen and oxygen atoms in total. The molecular weight excluding hydrogens is 300 g/mol. The van der Waals surface area contributed by atoms with Crippen LogP contribution in [0.15, 0.2) is 23.0 Å². The number of methoxy groups -OCH3 is 2. The van der Waals surface area contributed by atoms with Crippen LogP contribution >= 0.6 is 12.2 Å². The van der Waals surface area contributed by atoms with Crippen LogP contribution in [-0.4, -0.2) is 24.2 Å². The minimum absolute atomic E-state index is 0.226. The molecule has 1 aromatic heterocycles. The zero-order valence-electron chi connectivity index (χ0n) is 13.1. The van der Waals surface area contributed by atoms with Gasteiger partial charge in [-0.05, 0) is 42.8 Å². The summed E-state index contributed by atoms with van der Waals surface area (Å²) >= 11 is 5.04. The first kappa shape index (κ1) is 16.6. The second kappa shape index (κ2) is 7.00. The van der Waals surface area contributed by atoms with Gasteiger partial charge in [0.05, 0.1) is 5.69 Å². The number of nitrogens with one attached hydrogen (secondary N) is 2. The number of hydrogen-bond donors (Lipinski definition) is 2. The van der Waals surface area contributed by atoms with Crippen molar-refractivity contribution in [3.8, 4) is 0 Å². The number of rotatable bonds is 5. The molecule has 2 aromatic rings. The van der Waals surface area contributed by atoms with Crippen molar-refractivity contribution in [1.29, 1.82) is 0 Å². The molecule has 0 radical (unpaired) electrons. The molecule has 0 amide bonds. The van der Waals surface area contributed by atoms with Crippen molar-refractivity contribution >= 4 is 12.2 Å². The molecule has 6 heteroatoms. The number of aromatic amines is 2. The Hall–Kier alpha value is -1.76. The zero-order chi connectivity index (χ0) is 16.3. The molecule has 2 N–H and O–H groups in total. The molecule has 0 atom stereocenters. The molecule has 0 unspecified atom stereocenters. The molecule has 0 aliphatic rings. The predicted molar refractivity (Wildman–Crippen MR) is 87.7 cm³/mol. The van der Waals surface area contributed by atoms with Crippen molar-refractivity contribution < 1.29 is 9.47 Å². The molecule has 22 heavy (non-hydrogen) atoms. The van der Waals surface area contributed by atoms with Crippen molar-refractivity contribution in [2.75, 3.05) is 14.2 Å². The van der Waals surface area contributed by atoms with Crippen LogP contribution in [0.2, 0.25) is 0 Å². The lowest BCUT2D eigenvalue weighted by Crippen LogP contribution is -2.21. The van der Waals surface area contributed by atoms with E-state index in [1.165, 1.54) is 25.3 Å². The Balaban J connectivity index is 2.51. The summed E-state index contributed by atoms with van der Waals surface area (Å²) in [4.78, 5) is 17.9.